The highest BCUT2D eigenvalue weighted by molar-refractivity contribution is 5.85. The molecule has 0 saturated heterocycles. The summed E-state index contributed by atoms with van der Waals surface area (Å²) in [5, 5.41) is 9.92. The van der Waals surface area contributed by atoms with Gasteiger partial charge in [-0.1, -0.05) is 42.0 Å². The lowest BCUT2D eigenvalue weighted by Gasteiger charge is -2.09. The summed E-state index contributed by atoms with van der Waals surface area (Å²) in [5.74, 6) is 1.27. The minimum atomic E-state index is -0.481. The molecule has 6 heteroatoms. The van der Waals surface area contributed by atoms with Crippen LogP contribution in [0.3, 0.4) is 0 Å². The Bertz CT molecular complexity index is 869. The lowest BCUT2D eigenvalue weighted by Crippen LogP contribution is -2.17. The fourth-order valence-corrected chi connectivity index (χ4v) is 2.33. The van der Waals surface area contributed by atoms with E-state index >= 15 is 0 Å². The zero-order chi connectivity index (χ0) is 17.8. The summed E-state index contributed by atoms with van der Waals surface area (Å²) < 4.78 is 5.09. The Hall–Kier alpha value is -3.15. The third kappa shape index (κ3) is 4.23. The standard InChI is InChI=1S/C19H20N4O2/c1-12(2)25-19(24)20-16-6-4-5-15(11-16)18-21-17(22-23-18)14-9-7-13(3)8-10-14/h4-12H,1-3H3,(H,20,24)(H,21,22,23). The van der Waals surface area contributed by atoms with Crippen LogP contribution in [0.15, 0.2) is 48.5 Å². The van der Waals surface area contributed by atoms with E-state index in [9.17, 15) is 4.79 Å². The number of hydrogen-bond donors (Lipinski definition) is 2. The molecule has 0 unspecified atom stereocenters. The largest absolute Gasteiger partial charge is 0.447 e. The molecule has 3 rings (SSSR count). The molecular weight excluding hydrogens is 316 g/mol. The van der Waals surface area contributed by atoms with E-state index < -0.39 is 6.09 Å². The number of amides is 1. The second-order valence-corrected chi connectivity index (χ2v) is 6.03. The molecule has 1 amide bonds. The Morgan fingerprint density at radius 2 is 1.88 bits per heavy atom. The second-order valence-electron chi connectivity index (χ2n) is 6.03. The Balaban J connectivity index is 1.79. The van der Waals surface area contributed by atoms with E-state index in [1.165, 1.54) is 5.56 Å². The number of rotatable bonds is 4. The van der Waals surface area contributed by atoms with Crippen molar-refractivity contribution in [2.24, 2.45) is 0 Å². The van der Waals surface area contributed by atoms with Crippen molar-refractivity contribution >= 4 is 11.8 Å². The third-order valence-electron chi connectivity index (χ3n) is 3.52. The maximum Gasteiger partial charge on any atom is 0.411 e. The van der Waals surface area contributed by atoms with Crippen molar-refractivity contribution in [1.29, 1.82) is 0 Å². The highest BCUT2D eigenvalue weighted by atomic mass is 16.6. The molecule has 0 spiro atoms. The van der Waals surface area contributed by atoms with Crippen molar-refractivity contribution in [1.82, 2.24) is 15.2 Å². The molecule has 0 atom stereocenters. The van der Waals surface area contributed by atoms with Crippen molar-refractivity contribution in [2.75, 3.05) is 5.32 Å². The first kappa shape index (κ1) is 16.7. The van der Waals surface area contributed by atoms with Gasteiger partial charge in [-0.25, -0.2) is 9.78 Å². The number of carbonyl (C=O) groups is 1. The number of benzene rings is 2. The maximum absolute atomic E-state index is 11.7. The number of H-pyrrole nitrogens is 1. The van der Waals surface area contributed by atoms with Crippen molar-refractivity contribution < 1.29 is 9.53 Å². The first-order valence-corrected chi connectivity index (χ1v) is 8.09. The number of aryl methyl sites for hydroxylation is 1. The van der Waals surface area contributed by atoms with Crippen LogP contribution in [0, 0.1) is 6.92 Å². The van der Waals surface area contributed by atoms with Crippen molar-refractivity contribution in [3.8, 4) is 22.8 Å². The molecule has 0 radical (unpaired) electrons. The molecule has 25 heavy (non-hydrogen) atoms. The highest BCUT2D eigenvalue weighted by Gasteiger charge is 2.10. The molecule has 0 aliphatic rings. The van der Waals surface area contributed by atoms with Crippen LogP contribution in [0.4, 0.5) is 10.5 Å². The van der Waals surface area contributed by atoms with E-state index in [1.54, 1.807) is 19.9 Å². The van der Waals surface area contributed by atoms with Crippen LogP contribution < -0.4 is 5.32 Å². The van der Waals surface area contributed by atoms with Crippen LogP contribution in [0.1, 0.15) is 19.4 Å². The Morgan fingerprint density at radius 3 is 2.60 bits per heavy atom. The number of anilines is 1. The molecule has 2 N–H and O–H groups in total. The van der Waals surface area contributed by atoms with E-state index in [2.05, 4.69) is 20.5 Å². The summed E-state index contributed by atoms with van der Waals surface area (Å²) in [6, 6.07) is 15.4. The van der Waals surface area contributed by atoms with Gasteiger partial charge in [0.15, 0.2) is 11.6 Å². The summed E-state index contributed by atoms with van der Waals surface area (Å²) >= 11 is 0. The van der Waals surface area contributed by atoms with Crippen LogP contribution >= 0.6 is 0 Å². The fourth-order valence-electron chi connectivity index (χ4n) is 2.33. The normalized spacial score (nSPS) is 10.7. The molecule has 0 aliphatic carbocycles. The molecule has 0 saturated carbocycles. The Morgan fingerprint density at radius 1 is 1.12 bits per heavy atom. The van der Waals surface area contributed by atoms with E-state index in [4.69, 9.17) is 4.74 Å². The number of aromatic amines is 1. The van der Waals surface area contributed by atoms with Gasteiger partial charge in [-0.2, -0.15) is 5.10 Å². The van der Waals surface area contributed by atoms with Crippen molar-refractivity contribution in [3.05, 3.63) is 54.1 Å². The predicted octanol–water partition coefficient (Wildman–Crippen LogP) is 4.40. The van der Waals surface area contributed by atoms with Gasteiger partial charge in [0.05, 0.1) is 6.10 Å². The topological polar surface area (TPSA) is 79.9 Å². The monoisotopic (exact) mass is 336 g/mol. The van der Waals surface area contributed by atoms with E-state index in [-0.39, 0.29) is 6.10 Å². The molecule has 2 aromatic carbocycles. The second kappa shape index (κ2) is 7.17. The summed E-state index contributed by atoms with van der Waals surface area (Å²) in [4.78, 5) is 16.3. The van der Waals surface area contributed by atoms with Crippen LogP contribution in [0.5, 0.6) is 0 Å². The van der Waals surface area contributed by atoms with Gasteiger partial charge < -0.3 is 4.74 Å². The summed E-state index contributed by atoms with van der Waals surface area (Å²) in [5.41, 5.74) is 3.60. The van der Waals surface area contributed by atoms with Gasteiger partial charge in [0.1, 0.15) is 0 Å². The van der Waals surface area contributed by atoms with Crippen molar-refractivity contribution in [2.45, 2.75) is 26.9 Å². The highest BCUT2D eigenvalue weighted by Crippen LogP contribution is 2.22. The van der Waals surface area contributed by atoms with Crippen molar-refractivity contribution in [3.63, 3.8) is 0 Å². The molecule has 0 bridgehead atoms. The third-order valence-corrected chi connectivity index (χ3v) is 3.52. The number of nitrogens with zero attached hydrogens (tertiary/aromatic N) is 2. The molecule has 0 fully saturated rings. The average Bonchev–Trinajstić information content (AvgIpc) is 3.05. The molecule has 0 aliphatic heterocycles. The quantitative estimate of drug-likeness (QED) is 0.740. The van der Waals surface area contributed by atoms with E-state index in [0.717, 1.165) is 11.1 Å². The zero-order valence-corrected chi connectivity index (χ0v) is 14.4. The first-order valence-electron chi connectivity index (χ1n) is 8.09. The average molecular weight is 336 g/mol. The van der Waals surface area contributed by atoms with Gasteiger partial charge >= 0.3 is 6.09 Å². The van der Waals surface area contributed by atoms with Gasteiger partial charge in [0.25, 0.3) is 0 Å². The number of carbonyl (C=O) groups excluding carboxylic acids is 1. The zero-order valence-electron chi connectivity index (χ0n) is 14.4. The number of aromatic nitrogens is 3. The lowest BCUT2D eigenvalue weighted by atomic mass is 10.1. The fraction of sp³-hybridized carbons (Fsp3) is 0.211. The Kier molecular flexibility index (Phi) is 4.79. The Labute approximate surface area is 146 Å². The molecule has 1 aromatic heterocycles. The first-order chi connectivity index (χ1) is 12.0. The van der Waals surface area contributed by atoms with E-state index in [0.29, 0.717) is 17.3 Å². The summed E-state index contributed by atoms with van der Waals surface area (Å²) in [6.45, 7) is 5.64. The summed E-state index contributed by atoms with van der Waals surface area (Å²) in [7, 11) is 0. The van der Waals surface area contributed by atoms with Gasteiger partial charge in [-0.05, 0) is 32.9 Å². The molecule has 6 nitrogen and oxygen atoms in total. The minimum absolute atomic E-state index is 0.172. The van der Waals surface area contributed by atoms with Gasteiger partial charge in [0, 0.05) is 16.8 Å². The van der Waals surface area contributed by atoms with Gasteiger partial charge in [-0.3, -0.25) is 10.4 Å². The molecule has 3 aromatic rings. The number of hydrogen-bond acceptors (Lipinski definition) is 4. The molecular formula is C19H20N4O2. The SMILES string of the molecule is Cc1ccc(-c2n[nH]c(-c3cccc(NC(=O)OC(C)C)c3)n2)cc1. The predicted molar refractivity (Wildman–Crippen MR) is 97.2 cm³/mol. The smallest absolute Gasteiger partial charge is 0.411 e. The van der Waals surface area contributed by atoms with Crippen LogP contribution in [-0.4, -0.2) is 27.4 Å². The maximum atomic E-state index is 11.7. The van der Waals surface area contributed by atoms with Gasteiger partial charge in [0.2, 0.25) is 0 Å². The van der Waals surface area contributed by atoms with Gasteiger partial charge in [-0.15, -0.1) is 0 Å². The number of nitrogens with one attached hydrogen (secondary N) is 2. The summed E-state index contributed by atoms with van der Waals surface area (Å²) in [6.07, 6.45) is -0.653. The lowest BCUT2D eigenvalue weighted by molar-refractivity contribution is 0.130. The van der Waals surface area contributed by atoms with Crippen LogP contribution in [0.25, 0.3) is 22.8 Å². The molecule has 1 heterocycles. The van der Waals surface area contributed by atoms with E-state index in [1.807, 2.05) is 49.4 Å². The molecule has 128 valence electrons. The van der Waals surface area contributed by atoms with Crippen LogP contribution in [-0.2, 0) is 4.74 Å². The minimum Gasteiger partial charge on any atom is -0.447 e. The van der Waals surface area contributed by atoms with Crippen LogP contribution in [0.2, 0.25) is 0 Å². The number of ether oxygens (including phenoxy) is 1.